The van der Waals surface area contributed by atoms with Gasteiger partial charge in [-0.25, -0.2) is 8.42 Å². The summed E-state index contributed by atoms with van der Waals surface area (Å²) in [5.41, 5.74) is 2.20. The van der Waals surface area contributed by atoms with E-state index in [2.05, 4.69) is 5.32 Å². The molecule has 11 heteroatoms. The van der Waals surface area contributed by atoms with Gasteiger partial charge in [0.25, 0.3) is 10.0 Å². The zero-order valence-electron chi connectivity index (χ0n) is 22.7. The minimum absolute atomic E-state index is 0.0197. The first-order valence-corrected chi connectivity index (χ1v) is 15.3. The van der Waals surface area contributed by atoms with Crippen molar-refractivity contribution in [2.75, 3.05) is 17.4 Å². The lowest BCUT2D eigenvalue weighted by atomic mass is 10.1. The number of amides is 2. The number of carbonyl (C=O) groups is 2. The van der Waals surface area contributed by atoms with E-state index in [1.807, 2.05) is 13.8 Å². The van der Waals surface area contributed by atoms with Crippen LogP contribution < -0.4 is 9.62 Å². The third-order valence-electron chi connectivity index (χ3n) is 6.47. The summed E-state index contributed by atoms with van der Waals surface area (Å²) in [6.07, 6.45) is 0.714. The van der Waals surface area contributed by atoms with Crippen molar-refractivity contribution >= 4 is 62.3 Å². The van der Waals surface area contributed by atoms with Crippen LogP contribution in [0.3, 0.4) is 0 Å². The summed E-state index contributed by atoms with van der Waals surface area (Å²) in [5, 5.41) is 3.90. The predicted octanol–water partition coefficient (Wildman–Crippen LogP) is 6.40. The van der Waals surface area contributed by atoms with Crippen LogP contribution in [0.1, 0.15) is 37.0 Å². The van der Waals surface area contributed by atoms with Gasteiger partial charge < -0.3 is 10.2 Å². The van der Waals surface area contributed by atoms with E-state index in [1.54, 1.807) is 62.4 Å². The molecule has 0 aromatic heterocycles. The Kier molecular flexibility index (Phi) is 10.9. The van der Waals surface area contributed by atoms with E-state index < -0.39 is 28.5 Å². The maximum atomic E-state index is 14.0. The monoisotopic (exact) mass is 623 g/mol. The topological polar surface area (TPSA) is 86.8 Å². The van der Waals surface area contributed by atoms with E-state index >= 15 is 0 Å². The van der Waals surface area contributed by atoms with Crippen LogP contribution in [0.2, 0.25) is 15.1 Å². The van der Waals surface area contributed by atoms with Crippen LogP contribution in [-0.4, -0.2) is 44.3 Å². The Morgan fingerprint density at radius 2 is 1.62 bits per heavy atom. The molecular formula is C29H32Cl3N3O4S. The van der Waals surface area contributed by atoms with E-state index in [9.17, 15) is 18.0 Å². The molecule has 1 N–H and O–H groups in total. The highest BCUT2D eigenvalue weighted by molar-refractivity contribution is 7.92. The van der Waals surface area contributed by atoms with Crippen LogP contribution in [0, 0.1) is 13.8 Å². The fourth-order valence-electron chi connectivity index (χ4n) is 4.03. The van der Waals surface area contributed by atoms with E-state index in [1.165, 1.54) is 17.0 Å². The van der Waals surface area contributed by atoms with Gasteiger partial charge in [-0.1, -0.05) is 71.6 Å². The smallest absolute Gasteiger partial charge is 0.264 e. The lowest BCUT2D eigenvalue weighted by molar-refractivity contribution is -0.139. The van der Waals surface area contributed by atoms with Gasteiger partial charge in [0.1, 0.15) is 12.6 Å². The fraction of sp³-hybridized carbons (Fsp3) is 0.310. The maximum absolute atomic E-state index is 14.0. The zero-order valence-corrected chi connectivity index (χ0v) is 25.8. The number of aryl methyl sites for hydroxylation is 1. The summed E-state index contributed by atoms with van der Waals surface area (Å²) >= 11 is 18.8. The van der Waals surface area contributed by atoms with Crippen molar-refractivity contribution in [2.24, 2.45) is 0 Å². The van der Waals surface area contributed by atoms with Gasteiger partial charge in [0.05, 0.1) is 10.6 Å². The first-order valence-electron chi connectivity index (χ1n) is 12.7. The summed E-state index contributed by atoms with van der Waals surface area (Å²) in [6, 6.07) is 15.2. The molecule has 3 aromatic carbocycles. The van der Waals surface area contributed by atoms with Crippen molar-refractivity contribution in [1.29, 1.82) is 0 Å². The van der Waals surface area contributed by atoms with Crippen molar-refractivity contribution in [3.05, 3.63) is 92.4 Å². The van der Waals surface area contributed by atoms with Crippen LogP contribution >= 0.6 is 34.8 Å². The van der Waals surface area contributed by atoms with Crippen LogP contribution in [0.25, 0.3) is 0 Å². The number of benzene rings is 3. The Labute approximate surface area is 251 Å². The standard InChI is InChI=1S/C29H32Cl3N3O4S/c1-5-15-33-29(37)21(4)34(17-22-11-12-23(30)16-26(22)32)28(36)18-35(27-8-6-7-25(31)20(27)3)40(38,39)24-13-9-19(2)10-14-24/h6-14,16,21H,5,15,17-18H2,1-4H3,(H,33,37)/t21-/m1/s1. The van der Waals surface area contributed by atoms with Crippen molar-refractivity contribution < 1.29 is 18.0 Å². The molecule has 0 spiro atoms. The summed E-state index contributed by atoms with van der Waals surface area (Å²) in [7, 11) is -4.20. The molecule has 3 rings (SSSR count). The van der Waals surface area contributed by atoms with Crippen LogP contribution in [0.5, 0.6) is 0 Å². The predicted molar refractivity (Wildman–Crippen MR) is 162 cm³/mol. The van der Waals surface area contributed by atoms with Gasteiger partial charge in [-0.3, -0.25) is 13.9 Å². The minimum Gasteiger partial charge on any atom is -0.354 e. The number of carbonyl (C=O) groups excluding carboxylic acids is 2. The molecule has 214 valence electrons. The second-order valence-electron chi connectivity index (χ2n) is 9.43. The molecule has 0 fully saturated rings. The highest BCUT2D eigenvalue weighted by atomic mass is 35.5. The number of nitrogens with one attached hydrogen (secondary N) is 1. The second-order valence-corrected chi connectivity index (χ2v) is 12.5. The first-order chi connectivity index (χ1) is 18.9. The molecule has 7 nitrogen and oxygen atoms in total. The third kappa shape index (κ3) is 7.49. The highest BCUT2D eigenvalue weighted by Gasteiger charge is 2.33. The van der Waals surface area contributed by atoms with Crippen molar-refractivity contribution in [2.45, 2.75) is 51.6 Å². The summed E-state index contributed by atoms with van der Waals surface area (Å²) < 4.78 is 29.0. The average Bonchev–Trinajstić information content (AvgIpc) is 2.91. The van der Waals surface area contributed by atoms with Crippen LogP contribution in [0.15, 0.2) is 65.6 Å². The number of nitrogens with zero attached hydrogens (tertiary/aromatic N) is 2. The molecule has 0 bridgehead atoms. The molecule has 0 aliphatic carbocycles. The van der Waals surface area contributed by atoms with Gasteiger partial charge >= 0.3 is 0 Å². The third-order valence-corrected chi connectivity index (χ3v) is 9.24. The molecule has 0 saturated carbocycles. The van der Waals surface area contributed by atoms with E-state index in [0.29, 0.717) is 39.2 Å². The van der Waals surface area contributed by atoms with Crippen molar-refractivity contribution in [3.8, 4) is 0 Å². The van der Waals surface area contributed by atoms with Gasteiger partial charge in [0.2, 0.25) is 11.8 Å². The molecule has 0 aliphatic heterocycles. The quantitative estimate of drug-likeness (QED) is 0.267. The van der Waals surface area contributed by atoms with Gasteiger partial charge in [0.15, 0.2) is 0 Å². The van der Waals surface area contributed by atoms with Crippen LogP contribution in [0.4, 0.5) is 5.69 Å². The Morgan fingerprint density at radius 1 is 0.950 bits per heavy atom. The molecule has 3 aromatic rings. The summed E-state index contributed by atoms with van der Waals surface area (Å²) in [5.74, 6) is -0.965. The zero-order chi connectivity index (χ0) is 29.6. The Bertz CT molecular complexity index is 1480. The Hall–Kier alpha value is -2.78. The molecule has 0 aliphatic rings. The Balaban J connectivity index is 2.08. The number of hydrogen-bond acceptors (Lipinski definition) is 4. The second kappa shape index (κ2) is 13.7. The Morgan fingerprint density at radius 3 is 2.25 bits per heavy atom. The number of anilines is 1. The van der Waals surface area contributed by atoms with Gasteiger partial charge in [-0.15, -0.1) is 0 Å². The number of halogens is 3. The lowest BCUT2D eigenvalue weighted by Crippen LogP contribution is -2.51. The highest BCUT2D eigenvalue weighted by Crippen LogP contribution is 2.31. The van der Waals surface area contributed by atoms with Crippen LogP contribution in [-0.2, 0) is 26.2 Å². The molecule has 2 amide bonds. The molecular weight excluding hydrogens is 593 g/mol. The molecule has 0 heterocycles. The number of rotatable bonds is 11. The first kappa shape index (κ1) is 31.7. The normalized spacial score (nSPS) is 12.1. The van der Waals surface area contributed by atoms with Crippen molar-refractivity contribution in [3.63, 3.8) is 0 Å². The molecule has 0 radical (unpaired) electrons. The number of hydrogen-bond donors (Lipinski definition) is 1. The largest absolute Gasteiger partial charge is 0.354 e. The maximum Gasteiger partial charge on any atom is 0.264 e. The fourth-order valence-corrected chi connectivity index (χ4v) is 6.14. The number of sulfonamides is 1. The molecule has 0 saturated heterocycles. The SMILES string of the molecule is CCCNC(=O)[C@@H](C)N(Cc1ccc(Cl)cc1Cl)C(=O)CN(c1cccc(Cl)c1C)S(=O)(=O)c1ccc(C)cc1. The summed E-state index contributed by atoms with van der Waals surface area (Å²) in [6.45, 7) is 6.87. The van der Waals surface area contributed by atoms with E-state index in [-0.39, 0.29) is 23.0 Å². The molecule has 40 heavy (non-hydrogen) atoms. The lowest BCUT2D eigenvalue weighted by Gasteiger charge is -2.32. The molecule has 1 atom stereocenters. The average molecular weight is 625 g/mol. The van der Waals surface area contributed by atoms with E-state index in [0.717, 1.165) is 9.87 Å². The minimum atomic E-state index is -4.20. The van der Waals surface area contributed by atoms with Crippen molar-refractivity contribution in [1.82, 2.24) is 10.2 Å². The van der Waals surface area contributed by atoms with Gasteiger partial charge in [-0.2, -0.15) is 0 Å². The van der Waals surface area contributed by atoms with E-state index in [4.69, 9.17) is 34.8 Å². The summed E-state index contributed by atoms with van der Waals surface area (Å²) in [4.78, 5) is 28.3. The van der Waals surface area contributed by atoms with Gasteiger partial charge in [-0.05, 0) is 74.7 Å². The molecule has 0 unspecified atom stereocenters. The van der Waals surface area contributed by atoms with Gasteiger partial charge in [0, 0.05) is 28.2 Å².